The predicted octanol–water partition coefficient (Wildman–Crippen LogP) is 2.60. The van der Waals surface area contributed by atoms with E-state index >= 15 is 0 Å². The minimum atomic E-state index is 0.00200. The first-order valence-corrected chi connectivity index (χ1v) is 8.61. The van der Waals surface area contributed by atoms with Crippen molar-refractivity contribution in [3.63, 3.8) is 0 Å². The molecule has 2 N–H and O–H groups in total. The van der Waals surface area contributed by atoms with Crippen LogP contribution in [0.5, 0.6) is 0 Å². The Kier molecular flexibility index (Phi) is 3.55. The second-order valence-corrected chi connectivity index (χ2v) is 7.18. The topological polar surface area (TPSA) is 73.9 Å². The van der Waals surface area contributed by atoms with E-state index in [1.807, 2.05) is 4.90 Å². The summed E-state index contributed by atoms with van der Waals surface area (Å²) in [6, 6.07) is 0.204. The molecule has 1 amide bonds. The van der Waals surface area contributed by atoms with Crippen molar-refractivity contribution in [3.05, 3.63) is 30.7 Å². The number of hydrogen-bond donors (Lipinski definition) is 2. The monoisotopic (exact) mass is 325 g/mol. The number of carbonyl (C=O) groups is 1. The van der Waals surface area contributed by atoms with Crippen LogP contribution >= 0.6 is 0 Å². The number of H-pyrrole nitrogens is 1. The second-order valence-electron chi connectivity index (χ2n) is 7.18. The molecule has 1 aliphatic carbocycles. The van der Waals surface area contributed by atoms with Crippen LogP contribution < -0.4 is 5.32 Å². The van der Waals surface area contributed by atoms with Crippen molar-refractivity contribution >= 4 is 22.8 Å². The van der Waals surface area contributed by atoms with E-state index in [2.05, 4.69) is 40.0 Å². The molecule has 2 aromatic rings. The first-order chi connectivity index (χ1) is 11.6. The summed E-state index contributed by atoms with van der Waals surface area (Å²) in [7, 11) is 0. The molecule has 6 nitrogen and oxygen atoms in total. The summed E-state index contributed by atoms with van der Waals surface area (Å²) in [5.41, 5.74) is 2.43. The Balaban J connectivity index is 1.61. The Morgan fingerprint density at radius 3 is 3.08 bits per heavy atom. The van der Waals surface area contributed by atoms with Gasteiger partial charge in [-0.2, -0.15) is 0 Å². The van der Waals surface area contributed by atoms with Crippen molar-refractivity contribution in [3.8, 4) is 0 Å². The van der Waals surface area contributed by atoms with Crippen molar-refractivity contribution in [2.45, 2.75) is 44.1 Å². The molecule has 6 heteroatoms. The molecule has 1 saturated carbocycles. The van der Waals surface area contributed by atoms with Crippen LogP contribution in [0.15, 0.2) is 25.2 Å². The molecule has 24 heavy (non-hydrogen) atoms. The summed E-state index contributed by atoms with van der Waals surface area (Å²) >= 11 is 0. The Hall–Kier alpha value is -2.37. The number of fused-ring (bicyclic) bond motifs is 1. The minimum Gasteiger partial charge on any atom is -0.365 e. The lowest BCUT2D eigenvalue weighted by Gasteiger charge is -2.33. The molecule has 1 atom stereocenters. The van der Waals surface area contributed by atoms with Gasteiger partial charge in [-0.1, -0.05) is 13.5 Å². The van der Waals surface area contributed by atoms with Crippen molar-refractivity contribution in [2.75, 3.05) is 18.4 Å². The number of aromatic amines is 1. The molecule has 3 heterocycles. The number of carbonyl (C=O) groups excluding carboxylic acids is 1. The molecule has 0 aromatic carbocycles. The average Bonchev–Trinajstić information content (AvgIpc) is 3.19. The van der Waals surface area contributed by atoms with Crippen molar-refractivity contribution in [2.24, 2.45) is 0 Å². The molecule has 0 spiro atoms. The Morgan fingerprint density at radius 2 is 2.33 bits per heavy atom. The van der Waals surface area contributed by atoms with Gasteiger partial charge in [-0.3, -0.25) is 4.79 Å². The quantitative estimate of drug-likeness (QED) is 0.848. The highest BCUT2D eigenvalue weighted by Gasteiger charge is 2.41. The highest BCUT2D eigenvalue weighted by atomic mass is 16.2. The van der Waals surface area contributed by atoms with Crippen molar-refractivity contribution < 1.29 is 4.79 Å². The fourth-order valence-electron chi connectivity index (χ4n) is 3.62. The average molecular weight is 325 g/mol. The Labute approximate surface area is 141 Å². The molecule has 2 aromatic heterocycles. The lowest BCUT2D eigenvalue weighted by Crippen LogP contribution is -2.44. The lowest BCUT2D eigenvalue weighted by atomic mass is 9.98. The van der Waals surface area contributed by atoms with Gasteiger partial charge in [0.25, 0.3) is 0 Å². The zero-order chi connectivity index (χ0) is 16.7. The van der Waals surface area contributed by atoms with Gasteiger partial charge >= 0.3 is 0 Å². The third kappa shape index (κ3) is 2.56. The summed E-state index contributed by atoms with van der Waals surface area (Å²) < 4.78 is 0. The highest BCUT2D eigenvalue weighted by molar-refractivity contribution is 5.92. The lowest BCUT2D eigenvalue weighted by molar-refractivity contribution is -0.127. The number of hydrogen-bond acceptors (Lipinski definition) is 4. The molecule has 0 bridgehead atoms. The molecule has 2 aliphatic rings. The molecule has 2 fully saturated rings. The van der Waals surface area contributed by atoms with Crippen LogP contribution in [0.4, 0.5) is 5.82 Å². The summed E-state index contributed by atoms with van der Waals surface area (Å²) in [5.74, 6) is 0.879. The molecule has 1 saturated heterocycles. The predicted molar refractivity (Wildman–Crippen MR) is 93.9 cm³/mol. The zero-order valence-corrected chi connectivity index (χ0v) is 14.0. The van der Waals surface area contributed by atoms with Crippen LogP contribution in [0.1, 0.15) is 38.2 Å². The van der Waals surface area contributed by atoms with Gasteiger partial charge in [0.1, 0.15) is 17.8 Å². The molecule has 126 valence electrons. The second kappa shape index (κ2) is 5.61. The van der Waals surface area contributed by atoms with Gasteiger partial charge in [0.15, 0.2) is 0 Å². The first-order valence-electron chi connectivity index (χ1n) is 8.61. The normalized spacial score (nSPS) is 22.4. The third-order valence-corrected chi connectivity index (χ3v) is 5.37. The smallest absolute Gasteiger partial charge is 0.246 e. The Morgan fingerprint density at radius 1 is 1.50 bits per heavy atom. The van der Waals surface area contributed by atoms with Crippen LogP contribution in [0.3, 0.4) is 0 Å². The standard InChI is InChI=1S/C18H23N5O/c1-3-14(24)23-8-4-5-12(10-23)22-17-15-13(18(2)6-7-18)9-19-16(15)20-11-21-17/h3,9,11-12H,1,4-8,10H2,2H3,(H2,19,20,21,22). The van der Waals surface area contributed by atoms with Gasteiger partial charge in [0, 0.05) is 25.3 Å². The van der Waals surface area contributed by atoms with Crippen LogP contribution in [0, 0.1) is 0 Å². The maximum absolute atomic E-state index is 11.9. The van der Waals surface area contributed by atoms with E-state index in [0.717, 1.165) is 36.2 Å². The molecule has 0 radical (unpaired) electrons. The summed E-state index contributed by atoms with van der Waals surface area (Å²) in [6.45, 7) is 7.37. The van der Waals surface area contributed by atoms with Crippen LogP contribution in [-0.2, 0) is 10.2 Å². The largest absolute Gasteiger partial charge is 0.365 e. The maximum atomic E-state index is 11.9. The van der Waals surface area contributed by atoms with Crippen molar-refractivity contribution in [1.29, 1.82) is 0 Å². The number of aromatic nitrogens is 3. The minimum absolute atomic E-state index is 0.00200. The van der Waals surface area contributed by atoms with Gasteiger partial charge < -0.3 is 15.2 Å². The van der Waals surface area contributed by atoms with E-state index in [0.29, 0.717) is 6.54 Å². The van der Waals surface area contributed by atoms with E-state index in [9.17, 15) is 4.79 Å². The highest BCUT2D eigenvalue weighted by Crippen LogP contribution is 2.50. The summed E-state index contributed by atoms with van der Waals surface area (Å²) in [4.78, 5) is 25.9. The molecular weight excluding hydrogens is 302 g/mol. The van der Waals surface area contributed by atoms with Crippen LogP contribution in [-0.4, -0.2) is 44.9 Å². The van der Waals surface area contributed by atoms with Crippen molar-refractivity contribution in [1.82, 2.24) is 19.9 Å². The summed E-state index contributed by atoms with van der Waals surface area (Å²) in [5, 5.41) is 4.66. The fourth-order valence-corrected chi connectivity index (χ4v) is 3.62. The molecule has 1 unspecified atom stereocenters. The number of likely N-dealkylation sites (tertiary alicyclic amines) is 1. The SMILES string of the molecule is C=CC(=O)N1CCCC(Nc2ncnc3[nH]cc(C4(C)CC4)c23)C1. The van der Waals surface area contributed by atoms with E-state index < -0.39 is 0 Å². The van der Waals surface area contributed by atoms with E-state index in [-0.39, 0.29) is 17.4 Å². The van der Waals surface area contributed by atoms with Gasteiger partial charge in [-0.25, -0.2) is 9.97 Å². The molecule has 4 rings (SSSR count). The number of amides is 1. The van der Waals surface area contributed by atoms with E-state index in [4.69, 9.17) is 0 Å². The van der Waals surface area contributed by atoms with E-state index in [1.54, 1.807) is 6.33 Å². The van der Waals surface area contributed by atoms with E-state index in [1.165, 1.54) is 24.5 Å². The number of piperidine rings is 1. The van der Waals surface area contributed by atoms with Gasteiger partial charge in [-0.05, 0) is 42.7 Å². The van der Waals surface area contributed by atoms with Crippen LogP contribution in [0.25, 0.3) is 11.0 Å². The zero-order valence-electron chi connectivity index (χ0n) is 14.0. The molecule has 1 aliphatic heterocycles. The number of nitrogens with zero attached hydrogens (tertiary/aromatic N) is 3. The first kappa shape index (κ1) is 15.2. The third-order valence-electron chi connectivity index (χ3n) is 5.37. The summed E-state index contributed by atoms with van der Waals surface area (Å²) in [6.07, 6.45) is 9.50. The number of anilines is 1. The fraction of sp³-hybridized carbons (Fsp3) is 0.500. The maximum Gasteiger partial charge on any atom is 0.246 e. The Bertz CT molecular complexity index is 792. The van der Waals surface area contributed by atoms with Crippen LogP contribution in [0.2, 0.25) is 0 Å². The number of rotatable bonds is 4. The molecular formula is C18H23N5O. The number of nitrogens with one attached hydrogen (secondary N) is 2. The van der Waals surface area contributed by atoms with Gasteiger partial charge in [-0.15, -0.1) is 0 Å². The van der Waals surface area contributed by atoms with Gasteiger partial charge in [0.05, 0.1) is 5.39 Å². The van der Waals surface area contributed by atoms with Gasteiger partial charge in [0.2, 0.25) is 5.91 Å².